The molecule has 0 saturated heterocycles. The average Bonchev–Trinajstić information content (AvgIpc) is 3.22. The predicted molar refractivity (Wildman–Crippen MR) is 72.7 cm³/mol. The van der Waals surface area contributed by atoms with Gasteiger partial charge in [0.25, 0.3) is 0 Å². The number of rotatable bonds is 6. The van der Waals surface area contributed by atoms with E-state index in [-0.39, 0.29) is 30.3 Å². The second kappa shape index (κ2) is 6.88. The van der Waals surface area contributed by atoms with Gasteiger partial charge >= 0.3 is 6.03 Å². The molecule has 0 spiro atoms. The van der Waals surface area contributed by atoms with E-state index < -0.39 is 0 Å². The zero-order valence-electron chi connectivity index (χ0n) is 11.1. The van der Waals surface area contributed by atoms with E-state index in [1.54, 1.807) is 18.2 Å². The molecule has 0 aliphatic heterocycles. The quantitative estimate of drug-likeness (QED) is 0.725. The van der Waals surface area contributed by atoms with E-state index in [1.807, 2.05) is 0 Å². The first kappa shape index (κ1) is 14.3. The summed E-state index contributed by atoms with van der Waals surface area (Å²) in [6.07, 6.45) is 2.43. The van der Waals surface area contributed by atoms with Gasteiger partial charge in [0.1, 0.15) is 5.82 Å². The van der Waals surface area contributed by atoms with Crippen molar-refractivity contribution in [1.29, 1.82) is 0 Å². The third-order valence-electron chi connectivity index (χ3n) is 3.00. The molecule has 1 fully saturated rings. The zero-order chi connectivity index (χ0) is 14.4. The van der Waals surface area contributed by atoms with E-state index in [0.29, 0.717) is 18.5 Å². The lowest BCUT2D eigenvalue weighted by atomic mass is 10.1. The fourth-order valence-corrected chi connectivity index (χ4v) is 1.72. The fourth-order valence-electron chi connectivity index (χ4n) is 1.72. The molecule has 0 radical (unpaired) electrons. The molecule has 20 heavy (non-hydrogen) atoms. The second-order valence-electron chi connectivity index (χ2n) is 4.79. The van der Waals surface area contributed by atoms with Crippen molar-refractivity contribution in [3.05, 3.63) is 35.6 Å². The summed E-state index contributed by atoms with van der Waals surface area (Å²) in [5.41, 5.74) is 0.562. The van der Waals surface area contributed by atoms with Crippen molar-refractivity contribution in [1.82, 2.24) is 16.0 Å². The summed E-state index contributed by atoms with van der Waals surface area (Å²) >= 11 is 0. The van der Waals surface area contributed by atoms with E-state index in [9.17, 15) is 14.0 Å². The lowest BCUT2D eigenvalue weighted by Crippen LogP contribution is -2.43. The van der Waals surface area contributed by atoms with Crippen molar-refractivity contribution in [2.24, 2.45) is 0 Å². The molecule has 0 atom stereocenters. The molecule has 1 aliphatic rings. The zero-order valence-corrected chi connectivity index (χ0v) is 11.1. The Morgan fingerprint density at radius 2 is 1.95 bits per heavy atom. The van der Waals surface area contributed by atoms with Gasteiger partial charge in [-0.1, -0.05) is 18.2 Å². The minimum Gasteiger partial charge on any atom is -0.354 e. The van der Waals surface area contributed by atoms with Gasteiger partial charge in [-0.25, -0.2) is 9.18 Å². The molecule has 1 aliphatic carbocycles. The highest BCUT2D eigenvalue weighted by Gasteiger charge is 2.23. The van der Waals surface area contributed by atoms with Crippen LogP contribution in [0.5, 0.6) is 0 Å². The third kappa shape index (κ3) is 4.87. The van der Waals surface area contributed by atoms with Crippen LogP contribution in [0.2, 0.25) is 0 Å². The summed E-state index contributed by atoms with van der Waals surface area (Å²) in [4.78, 5) is 22.8. The highest BCUT2D eigenvalue weighted by Crippen LogP contribution is 2.18. The van der Waals surface area contributed by atoms with E-state index in [2.05, 4.69) is 16.0 Å². The highest BCUT2D eigenvalue weighted by atomic mass is 19.1. The van der Waals surface area contributed by atoms with Crippen molar-refractivity contribution in [3.8, 4) is 0 Å². The summed E-state index contributed by atoms with van der Waals surface area (Å²) < 4.78 is 13.3. The van der Waals surface area contributed by atoms with Crippen LogP contribution in [0.15, 0.2) is 24.3 Å². The number of benzene rings is 1. The number of hydrogen-bond donors (Lipinski definition) is 3. The molecule has 1 aromatic carbocycles. The van der Waals surface area contributed by atoms with E-state index >= 15 is 0 Å². The summed E-state index contributed by atoms with van der Waals surface area (Å²) in [7, 11) is 0. The number of carbonyl (C=O) groups excluding carboxylic acids is 2. The lowest BCUT2D eigenvalue weighted by Gasteiger charge is -2.08. The molecule has 0 bridgehead atoms. The van der Waals surface area contributed by atoms with Crippen LogP contribution in [-0.4, -0.2) is 31.1 Å². The molecule has 0 aromatic heterocycles. The fraction of sp³-hybridized carbons (Fsp3) is 0.429. The Bertz CT molecular complexity index is 489. The van der Waals surface area contributed by atoms with Crippen LogP contribution < -0.4 is 16.0 Å². The summed E-state index contributed by atoms with van der Waals surface area (Å²) in [5.74, 6) is -0.559. The molecule has 0 unspecified atom stereocenters. The molecule has 5 nitrogen and oxygen atoms in total. The highest BCUT2D eigenvalue weighted by molar-refractivity contribution is 5.84. The summed E-state index contributed by atoms with van der Waals surface area (Å²) in [5, 5.41) is 7.83. The Kier molecular flexibility index (Phi) is 4.92. The molecule has 1 aromatic rings. The molecule has 6 heteroatoms. The molecular weight excluding hydrogens is 261 g/mol. The van der Waals surface area contributed by atoms with Crippen molar-refractivity contribution in [3.63, 3.8) is 0 Å². The molecule has 108 valence electrons. The number of nitrogens with one attached hydrogen (secondary N) is 3. The average molecular weight is 279 g/mol. The van der Waals surface area contributed by atoms with Gasteiger partial charge in [0, 0.05) is 12.6 Å². The molecule has 0 heterocycles. The van der Waals surface area contributed by atoms with Gasteiger partial charge in [-0.05, 0) is 30.9 Å². The maximum absolute atomic E-state index is 13.3. The smallest absolute Gasteiger partial charge is 0.315 e. The minimum atomic E-state index is -0.322. The topological polar surface area (TPSA) is 70.2 Å². The van der Waals surface area contributed by atoms with Crippen LogP contribution in [0.25, 0.3) is 0 Å². The first-order valence-corrected chi connectivity index (χ1v) is 6.69. The maximum atomic E-state index is 13.3. The van der Waals surface area contributed by atoms with Crippen LogP contribution >= 0.6 is 0 Å². The molecule has 2 rings (SSSR count). The Morgan fingerprint density at radius 3 is 2.65 bits per heavy atom. The third-order valence-corrected chi connectivity index (χ3v) is 3.00. The Labute approximate surface area is 116 Å². The van der Waals surface area contributed by atoms with Gasteiger partial charge in [0.2, 0.25) is 5.91 Å². The molecular formula is C14H18FN3O2. The first-order valence-electron chi connectivity index (χ1n) is 6.69. The van der Waals surface area contributed by atoms with Crippen molar-refractivity contribution < 1.29 is 14.0 Å². The Balaban J connectivity index is 1.60. The van der Waals surface area contributed by atoms with Crippen LogP contribution in [0.3, 0.4) is 0 Å². The maximum Gasteiger partial charge on any atom is 0.315 e. The minimum absolute atomic E-state index is 0.0736. The van der Waals surface area contributed by atoms with E-state index in [4.69, 9.17) is 0 Å². The normalized spacial score (nSPS) is 13.7. The van der Waals surface area contributed by atoms with Crippen LogP contribution in [0.1, 0.15) is 18.4 Å². The van der Waals surface area contributed by atoms with Gasteiger partial charge in [-0.3, -0.25) is 4.79 Å². The number of amides is 3. The number of urea groups is 1. The number of hydrogen-bond acceptors (Lipinski definition) is 2. The van der Waals surface area contributed by atoms with Gasteiger partial charge in [0.05, 0.1) is 6.54 Å². The first-order chi connectivity index (χ1) is 9.65. The monoisotopic (exact) mass is 279 g/mol. The summed E-state index contributed by atoms with van der Waals surface area (Å²) in [6.45, 7) is 0.265. The Morgan fingerprint density at radius 1 is 1.20 bits per heavy atom. The summed E-state index contributed by atoms with van der Waals surface area (Å²) in [6, 6.07) is 6.39. The molecule has 3 N–H and O–H groups in total. The Hall–Kier alpha value is -2.11. The molecule has 1 saturated carbocycles. The SMILES string of the molecule is O=C(CNC(=O)NC1CC1)NCCc1ccccc1F. The van der Waals surface area contributed by atoms with Crippen LogP contribution in [0.4, 0.5) is 9.18 Å². The lowest BCUT2D eigenvalue weighted by molar-refractivity contribution is -0.120. The van der Waals surface area contributed by atoms with Crippen molar-refractivity contribution >= 4 is 11.9 Å². The molecule has 3 amide bonds. The standard InChI is InChI=1S/C14H18FN3O2/c15-12-4-2-1-3-10(12)7-8-16-13(19)9-17-14(20)18-11-5-6-11/h1-4,11H,5-9H2,(H,16,19)(H2,17,18,20). The predicted octanol–water partition coefficient (Wildman–Crippen LogP) is 0.946. The van der Waals surface area contributed by atoms with Crippen molar-refractivity contribution in [2.75, 3.05) is 13.1 Å². The van der Waals surface area contributed by atoms with Gasteiger partial charge in [-0.2, -0.15) is 0 Å². The van der Waals surface area contributed by atoms with E-state index in [1.165, 1.54) is 6.07 Å². The number of carbonyl (C=O) groups is 2. The largest absolute Gasteiger partial charge is 0.354 e. The van der Waals surface area contributed by atoms with Gasteiger partial charge < -0.3 is 16.0 Å². The number of halogens is 1. The van der Waals surface area contributed by atoms with Crippen LogP contribution in [0, 0.1) is 5.82 Å². The van der Waals surface area contributed by atoms with Gasteiger partial charge in [-0.15, -0.1) is 0 Å². The second-order valence-corrected chi connectivity index (χ2v) is 4.79. The van der Waals surface area contributed by atoms with Crippen molar-refractivity contribution in [2.45, 2.75) is 25.3 Å². The van der Waals surface area contributed by atoms with Crippen LogP contribution in [-0.2, 0) is 11.2 Å². The van der Waals surface area contributed by atoms with Gasteiger partial charge in [0.15, 0.2) is 0 Å². The van der Waals surface area contributed by atoms with E-state index in [0.717, 1.165) is 12.8 Å².